The van der Waals surface area contributed by atoms with Crippen molar-refractivity contribution in [2.45, 2.75) is 6.10 Å². The fraction of sp³-hybridized carbons (Fsp3) is 0.0769. The molecule has 0 aliphatic heterocycles. The molecule has 0 bridgehead atoms. The van der Waals surface area contributed by atoms with Crippen LogP contribution in [0.4, 0.5) is 4.39 Å². The van der Waals surface area contributed by atoms with Gasteiger partial charge < -0.3 is 9.52 Å². The lowest BCUT2D eigenvalue weighted by Crippen LogP contribution is -1.95. The summed E-state index contributed by atoms with van der Waals surface area (Å²) in [4.78, 5) is 0. The average Bonchev–Trinajstić information content (AvgIpc) is 2.95. The monoisotopic (exact) mass is 374 g/mol. The zero-order valence-corrected chi connectivity index (χ0v) is 12.0. The summed E-state index contributed by atoms with van der Waals surface area (Å²) in [7, 11) is 0. The summed E-state index contributed by atoms with van der Waals surface area (Å²) in [6.45, 7) is 0. The number of halogens is 2. The minimum Gasteiger partial charge on any atom is -0.455 e. The quantitative estimate of drug-likeness (QED) is 0.678. The largest absolute Gasteiger partial charge is 0.455 e. The maximum absolute atomic E-state index is 13.5. The van der Waals surface area contributed by atoms with Crippen molar-refractivity contribution in [3.63, 3.8) is 0 Å². The zero-order valence-electron chi connectivity index (χ0n) is 9.06. The van der Waals surface area contributed by atoms with Gasteiger partial charge in [0.2, 0.25) is 0 Å². The number of aliphatic hydroxyl groups excluding tert-OH is 1. The van der Waals surface area contributed by atoms with Gasteiger partial charge in [0.15, 0.2) is 11.4 Å². The van der Waals surface area contributed by atoms with Gasteiger partial charge in [-0.05, 0) is 51.7 Å². The summed E-state index contributed by atoms with van der Waals surface area (Å²) in [5, 5.41) is 12.7. The summed E-state index contributed by atoms with van der Waals surface area (Å²) in [5.74, 6) is -0.0462. The molecule has 1 N–H and O–H groups in total. The first-order valence-electron chi connectivity index (χ1n) is 5.25. The van der Waals surface area contributed by atoms with Crippen molar-refractivity contribution in [1.82, 2.24) is 0 Å². The zero-order chi connectivity index (χ0) is 12.7. The van der Waals surface area contributed by atoms with Gasteiger partial charge in [0.25, 0.3) is 0 Å². The molecule has 0 saturated carbocycles. The van der Waals surface area contributed by atoms with Crippen LogP contribution in [-0.2, 0) is 0 Å². The van der Waals surface area contributed by atoms with Gasteiger partial charge in [-0.3, -0.25) is 0 Å². The first kappa shape index (κ1) is 12.1. The van der Waals surface area contributed by atoms with Crippen LogP contribution in [0.15, 0.2) is 40.1 Å². The molecule has 0 fully saturated rings. The van der Waals surface area contributed by atoms with Crippen LogP contribution in [-0.4, -0.2) is 5.11 Å². The molecule has 2 heterocycles. The molecular formula is C13H8FIO2S. The van der Waals surface area contributed by atoms with Crippen molar-refractivity contribution < 1.29 is 13.9 Å². The summed E-state index contributed by atoms with van der Waals surface area (Å²) >= 11 is 3.74. The average molecular weight is 374 g/mol. The summed E-state index contributed by atoms with van der Waals surface area (Å²) in [5.41, 5.74) is 0.959. The van der Waals surface area contributed by atoms with Crippen LogP contribution in [0.2, 0.25) is 0 Å². The predicted molar refractivity (Wildman–Crippen MR) is 77.3 cm³/mol. The van der Waals surface area contributed by atoms with E-state index in [4.69, 9.17) is 4.42 Å². The Morgan fingerprint density at radius 1 is 1.33 bits per heavy atom. The molecule has 0 spiro atoms. The molecule has 1 atom stereocenters. The molecule has 3 rings (SSSR count). The van der Waals surface area contributed by atoms with Crippen LogP contribution < -0.4 is 0 Å². The second-order valence-corrected chi connectivity index (χ2v) is 6.70. The van der Waals surface area contributed by atoms with Gasteiger partial charge in [-0.1, -0.05) is 12.1 Å². The Kier molecular flexibility index (Phi) is 3.13. The highest BCUT2D eigenvalue weighted by Crippen LogP contribution is 2.31. The molecular weight excluding hydrogens is 366 g/mol. The van der Waals surface area contributed by atoms with E-state index in [9.17, 15) is 9.50 Å². The molecule has 2 nitrogen and oxygen atoms in total. The highest BCUT2D eigenvalue weighted by Gasteiger charge is 2.18. The molecule has 1 unspecified atom stereocenters. The molecule has 0 saturated heterocycles. The van der Waals surface area contributed by atoms with Crippen molar-refractivity contribution in [2.24, 2.45) is 0 Å². The lowest BCUT2D eigenvalue weighted by molar-refractivity contribution is 0.192. The van der Waals surface area contributed by atoms with Crippen LogP contribution in [0.25, 0.3) is 11.0 Å². The molecule has 2 aromatic heterocycles. The number of aliphatic hydroxyl groups is 1. The van der Waals surface area contributed by atoms with Crippen LogP contribution in [0, 0.1) is 8.70 Å². The van der Waals surface area contributed by atoms with E-state index >= 15 is 0 Å². The molecule has 0 radical (unpaired) electrons. The predicted octanol–water partition coefficient (Wildman–Crippen LogP) is 4.32. The maximum atomic E-state index is 13.5. The van der Waals surface area contributed by atoms with E-state index in [2.05, 4.69) is 22.6 Å². The third kappa shape index (κ3) is 2.06. The first-order valence-corrected chi connectivity index (χ1v) is 7.21. The van der Waals surface area contributed by atoms with E-state index in [1.54, 1.807) is 29.5 Å². The van der Waals surface area contributed by atoms with Crippen molar-refractivity contribution in [2.75, 3.05) is 0 Å². The number of furan rings is 1. The van der Waals surface area contributed by atoms with E-state index in [-0.39, 0.29) is 5.58 Å². The maximum Gasteiger partial charge on any atom is 0.170 e. The van der Waals surface area contributed by atoms with Crippen LogP contribution in [0.3, 0.4) is 0 Å². The van der Waals surface area contributed by atoms with Crippen LogP contribution in [0.1, 0.15) is 17.4 Å². The van der Waals surface area contributed by atoms with E-state index in [0.717, 1.165) is 8.45 Å². The smallest absolute Gasteiger partial charge is 0.170 e. The van der Waals surface area contributed by atoms with Crippen LogP contribution in [0.5, 0.6) is 0 Å². The second kappa shape index (κ2) is 4.64. The Labute approximate surface area is 120 Å². The van der Waals surface area contributed by atoms with Crippen LogP contribution >= 0.6 is 33.9 Å². The molecule has 0 aliphatic rings. The molecule has 18 heavy (non-hydrogen) atoms. The van der Waals surface area contributed by atoms with Gasteiger partial charge in [0.1, 0.15) is 11.9 Å². The highest BCUT2D eigenvalue weighted by molar-refractivity contribution is 14.1. The van der Waals surface area contributed by atoms with Crippen molar-refractivity contribution in [1.29, 1.82) is 0 Å². The number of benzene rings is 1. The van der Waals surface area contributed by atoms with E-state index in [1.165, 1.54) is 6.07 Å². The number of para-hydroxylation sites is 1. The highest BCUT2D eigenvalue weighted by atomic mass is 127. The van der Waals surface area contributed by atoms with Gasteiger partial charge >= 0.3 is 0 Å². The minimum absolute atomic E-state index is 0.191. The van der Waals surface area contributed by atoms with E-state index < -0.39 is 11.9 Å². The van der Waals surface area contributed by atoms with Crippen molar-refractivity contribution in [3.05, 3.63) is 55.7 Å². The molecule has 3 aromatic rings. The normalized spacial score (nSPS) is 13.1. The lowest BCUT2D eigenvalue weighted by atomic mass is 10.1. The fourth-order valence-corrected chi connectivity index (χ4v) is 3.20. The van der Waals surface area contributed by atoms with Gasteiger partial charge in [-0.25, -0.2) is 4.39 Å². The van der Waals surface area contributed by atoms with Gasteiger partial charge in [-0.2, -0.15) is 0 Å². The Bertz CT molecular complexity index is 704. The standard InChI is InChI=1S/C13H8FIO2S/c14-9-3-1-2-7-4-10(17-13(7)9)12(16)8-5-11(15)18-6-8/h1-6,12,16H. The van der Waals surface area contributed by atoms with E-state index in [1.807, 2.05) is 11.4 Å². The number of hydrogen-bond donors (Lipinski definition) is 1. The van der Waals surface area contributed by atoms with Crippen molar-refractivity contribution >= 4 is 44.9 Å². The Morgan fingerprint density at radius 3 is 2.83 bits per heavy atom. The van der Waals surface area contributed by atoms with Gasteiger partial charge in [0.05, 0.1) is 2.88 Å². The summed E-state index contributed by atoms with van der Waals surface area (Å²) < 4.78 is 20.0. The molecule has 0 aliphatic carbocycles. The summed E-state index contributed by atoms with van der Waals surface area (Å²) in [6.07, 6.45) is -0.850. The Hall–Kier alpha value is -0.920. The number of fused-ring (bicyclic) bond motifs is 1. The number of thiophene rings is 1. The first-order chi connectivity index (χ1) is 8.65. The molecule has 92 valence electrons. The van der Waals surface area contributed by atoms with Crippen molar-refractivity contribution in [3.8, 4) is 0 Å². The minimum atomic E-state index is -0.850. The number of hydrogen-bond acceptors (Lipinski definition) is 3. The number of rotatable bonds is 2. The lowest BCUT2D eigenvalue weighted by Gasteiger charge is -2.03. The third-order valence-electron chi connectivity index (χ3n) is 2.69. The molecule has 5 heteroatoms. The Morgan fingerprint density at radius 2 is 2.17 bits per heavy atom. The van der Waals surface area contributed by atoms with Gasteiger partial charge in [0, 0.05) is 5.39 Å². The second-order valence-electron chi connectivity index (χ2n) is 3.89. The van der Waals surface area contributed by atoms with E-state index in [0.29, 0.717) is 11.1 Å². The molecule has 0 amide bonds. The third-order valence-corrected chi connectivity index (χ3v) is 4.50. The molecule has 1 aromatic carbocycles. The fourth-order valence-electron chi connectivity index (χ4n) is 1.81. The Balaban J connectivity index is 2.06. The SMILES string of the molecule is OC(c1csc(I)c1)c1cc2cccc(F)c2o1. The topological polar surface area (TPSA) is 33.4 Å². The van der Waals surface area contributed by atoms with Gasteiger partial charge in [-0.15, -0.1) is 11.3 Å². The summed E-state index contributed by atoms with van der Waals surface area (Å²) in [6, 6.07) is 8.29.